The average molecular weight is 256 g/mol. The average Bonchev–Trinajstić information content (AvgIpc) is 2.67. The molecule has 1 heterocycles. The van der Waals surface area contributed by atoms with Gasteiger partial charge in [-0.15, -0.1) is 10.2 Å². The molecule has 16 heavy (non-hydrogen) atoms. The maximum Gasteiger partial charge on any atom is 0.179 e. The maximum absolute atomic E-state index is 13.6. The maximum atomic E-state index is 13.6. The smallest absolute Gasteiger partial charge is 0.179 e. The van der Waals surface area contributed by atoms with Crippen LogP contribution in [0.15, 0.2) is 27.4 Å². The summed E-state index contributed by atoms with van der Waals surface area (Å²) in [4.78, 5) is 0.418. The molecule has 0 atom stereocenters. The highest BCUT2D eigenvalue weighted by molar-refractivity contribution is 8.01. The van der Waals surface area contributed by atoms with E-state index in [1.54, 1.807) is 12.1 Å². The molecule has 1 aromatic heterocycles. The van der Waals surface area contributed by atoms with E-state index in [9.17, 15) is 4.39 Å². The number of aliphatic hydroxyl groups excluding tert-OH is 1. The van der Waals surface area contributed by atoms with Gasteiger partial charge in [-0.25, -0.2) is 4.39 Å². The zero-order valence-electron chi connectivity index (χ0n) is 8.48. The van der Waals surface area contributed by atoms with Gasteiger partial charge in [0, 0.05) is 0 Å². The van der Waals surface area contributed by atoms with Crippen molar-refractivity contribution in [1.82, 2.24) is 10.2 Å². The van der Waals surface area contributed by atoms with Crippen molar-refractivity contribution in [2.24, 2.45) is 0 Å². The minimum atomic E-state index is -0.343. The predicted molar refractivity (Wildman–Crippen MR) is 61.1 cm³/mol. The van der Waals surface area contributed by atoms with Crippen LogP contribution in [0.2, 0.25) is 0 Å². The monoisotopic (exact) mass is 256 g/mol. The third kappa shape index (κ3) is 2.40. The zero-order chi connectivity index (χ0) is 11.5. The Kier molecular flexibility index (Phi) is 3.52. The van der Waals surface area contributed by atoms with Crippen LogP contribution in [0, 0.1) is 12.7 Å². The fourth-order valence-electron chi connectivity index (χ4n) is 1.20. The van der Waals surface area contributed by atoms with E-state index in [1.807, 2.05) is 6.92 Å². The fourth-order valence-corrected chi connectivity index (χ4v) is 3.08. The first kappa shape index (κ1) is 11.5. The predicted octanol–water partition coefficient (Wildman–Crippen LogP) is 2.63. The van der Waals surface area contributed by atoms with Crippen molar-refractivity contribution >= 4 is 23.1 Å². The highest BCUT2D eigenvalue weighted by atomic mass is 32.2. The second-order valence-electron chi connectivity index (χ2n) is 3.08. The molecule has 0 saturated heterocycles. The molecule has 3 nitrogen and oxygen atoms in total. The lowest BCUT2D eigenvalue weighted by molar-refractivity contribution is 0.277. The number of halogens is 1. The van der Waals surface area contributed by atoms with Gasteiger partial charge in [-0.3, -0.25) is 0 Å². The Labute approximate surface area is 100 Å². The molecule has 0 amide bonds. The highest BCUT2D eigenvalue weighted by Gasteiger charge is 2.12. The van der Waals surface area contributed by atoms with Crippen molar-refractivity contribution in [2.75, 3.05) is 0 Å². The van der Waals surface area contributed by atoms with E-state index in [0.717, 1.165) is 5.01 Å². The third-order valence-electron chi connectivity index (χ3n) is 1.92. The fraction of sp³-hybridized carbons (Fsp3) is 0.200. The molecule has 2 aromatic rings. The molecule has 2 rings (SSSR count). The number of hydrogen-bond donors (Lipinski definition) is 1. The van der Waals surface area contributed by atoms with Gasteiger partial charge >= 0.3 is 0 Å². The molecule has 0 saturated carbocycles. The minimum Gasteiger partial charge on any atom is -0.392 e. The Morgan fingerprint density at radius 3 is 2.88 bits per heavy atom. The first-order valence-corrected chi connectivity index (χ1v) is 6.20. The van der Waals surface area contributed by atoms with E-state index < -0.39 is 0 Å². The van der Waals surface area contributed by atoms with Crippen LogP contribution in [0.4, 0.5) is 4.39 Å². The summed E-state index contributed by atoms with van der Waals surface area (Å²) in [5.41, 5.74) is 0.567. The summed E-state index contributed by atoms with van der Waals surface area (Å²) in [5.74, 6) is -0.343. The van der Waals surface area contributed by atoms with Crippen LogP contribution in [-0.2, 0) is 6.61 Å². The van der Waals surface area contributed by atoms with Gasteiger partial charge in [-0.05, 0) is 18.6 Å². The van der Waals surface area contributed by atoms with E-state index in [-0.39, 0.29) is 12.4 Å². The highest BCUT2D eigenvalue weighted by Crippen LogP contribution is 2.34. The number of benzene rings is 1. The lowest BCUT2D eigenvalue weighted by Crippen LogP contribution is -1.91. The molecule has 0 fully saturated rings. The first-order chi connectivity index (χ1) is 7.70. The summed E-state index contributed by atoms with van der Waals surface area (Å²) in [6.45, 7) is 1.66. The van der Waals surface area contributed by atoms with E-state index in [4.69, 9.17) is 5.11 Å². The van der Waals surface area contributed by atoms with Gasteiger partial charge in [0.05, 0.1) is 11.5 Å². The first-order valence-electron chi connectivity index (χ1n) is 4.57. The Morgan fingerprint density at radius 1 is 1.44 bits per heavy atom. The lowest BCUT2D eigenvalue weighted by Gasteiger charge is -2.05. The number of aryl methyl sites for hydroxylation is 1. The molecule has 0 unspecified atom stereocenters. The standard InChI is InChI=1S/C10H9FN2OS2/c1-6-12-13-10(15-6)16-9-7(5-14)3-2-4-8(9)11/h2-4,14H,5H2,1H3. The topological polar surface area (TPSA) is 46.0 Å². The Morgan fingerprint density at radius 2 is 2.25 bits per heavy atom. The SMILES string of the molecule is Cc1nnc(Sc2c(F)cccc2CO)s1. The molecule has 6 heteroatoms. The number of hydrogen-bond acceptors (Lipinski definition) is 5. The van der Waals surface area contributed by atoms with E-state index in [2.05, 4.69) is 10.2 Å². The van der Waals surface area contributed by atoms with Crippen LogP contribution in [0.1, 0.15) is 10.6 Å². The zero-order valence-corrected chi connectivity index (χ0v) is 10.1. The normalized spacial score (nSPS) is 10.7. The van der Waals surface area contributed by atoms with Crippen LogP contribution in [0.3, 0.4) is 0 Å². The van der Waals surface area contributed by atoms with Crippen LogP contribution in [0.25, 0.3) is 0 Å². The molecule has 0 aliphatic heterocycles. The third-order valence-corrected chi connectivity index (χ3v) is 3.97. The van der Waals surface area contributed by atoms with Crippen molar-refractivity contribution in [2.45, 2.75) is 22.8 Å². The van der Waals surface area contributed by atoms with Gasteiger partial charge in [-0.2, -0.15) is 0 Å². The quantitative estimate of drug-likeness (QED) is 0.917. The van der Waals surface area contributed by atoms with Crippen LogP contribution in [-0.4, -0.2) is 15.3 Å². The van der Waals surface area contributed by atoms with Gasteiger partial charge in [0.25, 0.3) is 0 Å². The largest absolute Gasteiger partial charge is 0.392 e. The van der Waals surface area contributed by atoms with Gasteiger partial charge < -0.3 is 5.11 Å². The van der Waals surface area contributed by atoms with Crippen molar-refractivity contribution in [1.29, 1.82) is 0 Å². The molecular weight excluding hydrogens is 247 g/mol. The molecule has 0 spiro atoms. The Balaban J connectivity index is 2.33. The number of nitrogens with zero attached hydrogens (tertiary/aromatic N) is 2. The summed E-state index contributed by atoms with van der Waals surface area (Å²) in [5, 5.41) is 17.7. The van der Waals surface area contributed by atoms with Crippen LogP contribution in [0.5, 0.6) is 0 Å². The molecule has 0 bridgehead atoms. The van der Waals surface area contributed by atoms with E-state index >= 15 is 0 Å². The van der Waals surface area contributed by atoms with E-state index in [1.165, 1.54) is 29.2 Å². The molecular formula is C10H9FN2OS2. The number of aliphatic hydroxyl groups is 1. The van der Waals surface area contributed by atoms with Gasteiger partial charge in [-0.1, -0.05) is 35.2 Å². The summed E-state index contributed by atoms with van der Waals surface area (Å²) < 4.78 is 14.2. The van der Waals surface area contributed by atoms with Crippen LogP contribution < -0.4 is 0 Å². The molecule has 0 aliphatic rings. The summed E-state index contributed by atoms with van der Waals surface area (Å²) in [6.07, 6.45) is 0. The van der Waals surface area contributed by atoms with Crippen molar-refractivity contribution < 1.29 is 9.50 Å². The summed E-state index contributed by atoms with van der Waals surface area (Å²) in [7, 11) is 0. The molecule has 1 aromatic carbocycles. The second-order valence-corrected chi connectivity index (χ2v) is 5.51. The van der Waals surface area contributed by atoms with Gasteiger partial charge in [0.2, 0.25) is 0 Å². The summed E-state index contributed by atoms with van der Waals surface area (Å²) in [6, 6.07) is 4.64. The van der Waals surface area contributed by atoms with Crippen molar-refractivity contribution in [3.63, 3.8) is 0 Å². The molecule has 1 N–H and O–H groups in total. The van der Waals surface area contributed by atoms with Crippen LogP contribution >= 0.6 is 23.1 Å². The summed E-state index contributed by atoms with van der Waals surface area (Å²) >= 11 is 2.60. The van der Waals surface area contributed by atoms with E-state index in [0.29, 0.717) is 14.8 Å². The van der Waals surface area contributed by atoms with Crippen molar-refractivity contribution in [3.8, 4) is 0 Å². The Hall–Kier alpha value is -0.980. The van der Waals surface area contributed by atoms with Crippen molar-refractivity contribution in [3.05, 3.63) is 34.6 Å². The Bertz CT molecular complexity index is 501. The second kappa shape index (κ2) is 4.90. The number of rotatable bonds is 3. The molecule has 0 radical (unpaired) electrons. The lowest BCUT2D eigenvalue weighted by atomic mass is 10.2. The van der Waals surface area contributed by atoms with Gasteiger partial charge in [0.1, 0.15) is 10.8 Å². The molecule has 0 aliphatic carbocycles. The minimum absolute atomic E-state index is 0.183. The molecule has 84 valence electrons. The van der Waals surface area contributed by atoms with Gasteiger partial charge in [0.15, 0.2) is 4.34 Å². The number of aromatic nitrogens is 2.